The third-order valence-electron chi connectivity index (χ3n) is 16.8. The monoisotopic (exact) mass is 1090 g/mol. The van der Waals surface area contributed by atoms with Crippen molar-refractivity contribution in [3.63, 3.8) is 0 Å². The summed E-state index contributed by atoms with van der Waals surface area (Å²) in [7, 11) is -0.425. The number of benzene rings is 11. The van der Waals surface area contributed by atoms with Crippen molar-refractivity contribution >= 4 is 55.9 Å². The topological polar surface area (TPSA) is 70.0 Å². The van der Waals surface area contributed by atoms with Gasteiger partial charge >= 0.3 is 7.12 Å². The van der Waals surface area contributed by atoms with Crippen LogP contribution in [0.4, 0.5) is 0 Å². The summed E-state index contributed by atoms with van der Waals surface area (Å²) < 4.78 is 12.7. The van der Waals surface area contributed by atoms with Gasteiger partial charge < -0.3 is 9.31 Å². The first-order valence-corrected chi connectivity index (χ1v) is 29.0. The van der Waals surface area contributed by atoms with Crippen LogP contribution >= 0.6 is 0 Å². The van der Waals surface area contributed by atoms with E-state index in [4.69, 9.17) is 29.2 Å². The lowest BCUT2D eigenvalue weighted by Crippen LogP contribution is -2.41. The number of hydrogen-bond acceptors (Lipinski definition) is 6. The summed E-state index contributed by atoms with van der Waals surface area (Å²) in [6.07, 6.45) is 0. The number of pyridine rings is 2. The van der Waals surface area contributed by atoms with E-state index in [-0.39, 0.29) is 11.2 Å². The molecule has 0 amide bonds. The molecule has 0 unspecified atom stereocenters. The van der Waals surface area contributed by atoms with Crippen molar-refractivity contribution in [2.45, 2.75) is 38.9 Å². The first kappa shape index (κ1) is 52.9. The molecule has 0 saturated carbocycles. The second kappa shape index (κ2) is 22.2. The molecule has 15 rings (SSSR count). The number of hydrogen-bond donors (Lipinski definition) is 0. The molecule has 1 saturated heterocycles. The van der Waals surface area contributed by atoms with Crippen LogP contribution < -0.4 is 5.46 Å². The van der Waals surface area contributed by atoms with Gasteiger partial charge in [0.2, 0.25) is 0 Å². The van der Waals surface area contributed by atoms with Gasteiger partial charge in [0, 0.05) is 60.1 Å². The second-order valence-corrected chi connectivity index (χ2v) is 22.7. The van der Waals surface area contributed by atoms with Gasteiger partial charge in [-0.05, 0) is 84.7 Å². The summed E-state index contributed by atoms with van der Waals surface area (Å²) in [5.41, 5.74) is 18.2. The Morgan fingerprint density at radius 1 is 0.282 bits per heavy atom. The van der Waals surface area contributed by atoms with Gasteiger partial charge in [-0.25, -0.2) is 19.9 Å². The fourth-order valence-corrected chi connectivity index (χ4v) is 11.7. The molecule has 85 heavy (non-hydrogen) atoms. The largest absolute Gasteiger partial charge is 0.494 e. The Morgan fingerprint density at radius 3 is 1.13 bits per heavy atom. The third-order valence-corrected chi connectivity index (χ3v) is 16.8. The van der Waals surface area contributed by atoms with Gasteiger partial charge in [-0.3, -0.25) is 0 Å². The van der Waals surface area contributed by atoms with Crippen molar-refractivity contribution < 1.29 is 9.31 Å². The van der Waals surface area contributed by atoms with Crippen molar-refractivity contribution in [1.82, 2.24) is 19.9 Å². The van der Waals surface area contributed by atoms with E-state index in [1.807, 2.05) is 42.5 Å². The first-order chi connectivity index (χ1) is 41.6. The first-order valence-electron chi connectivity index (χ1n) is 29.0. The highest BCUT2D eigenvalue weighted by molar-refractivity contribution is 6.62. The van der Waals surface area contributed by atoms with Gasteiger partial charge in [0.25, 0.3) is 0 Å². The van der Waals surface area contributed by atoms with Crippen molar-refractivity contribution in [3.8, 4) is 89.8 Å². The predicted molar refractivity (Wildman–Crippen MR) is 353 cm³/mol. The van der Waals surface area contributed by atoms with Crippen molar-refractivity contribution in [2.24, 2.45) is 0 Å². The average Bonchev–Trinajstić information content (AvgIpc) is 1.83. The molecule has 0 aliphatic carbocycles. The minimum atomic E-state index is -0.425. The van der Waals surface area contributed by atoms with Gasteiger partial charge in [0.15, 0.2) is 5.82 Å². The molecule has 0 N–H and O–H groups in total. The molecule has 1 aliphatic rings. The molecule has 406 valence electrons. The van der Waals surface area contributed by atoms with E-state index in [0.29, 0.717) is 5.82 Å². The van der Waals surface area contributed by atoms with Crippen LogP contribution in [-0.2, 0) is 9.31 Å². The molecule has 1 fully saturated rings. The standard InChI is InChI=1S/C47H31N3.C31H28BNO2/c1-5-14-33(15-6-1)39-22-13-23-41-45(39)40-29-28-38(30-44(40)48-46(41)36-18-9-3-10-19-36)32-24-26-35(27-25-32)43-31-42(34-16-7-2-8-17-34)49-47(50-43)37-20-11-4-12-21-37;1-30(2)31(3,4)35-32(34-30)23-18-19-25-27(20-23)33-29(22-14-9-6-10-15-22)26-17-11-16-24(28(25)26)21-12-7-5-8-13-21/h1-31H;5-20H,1-4H3. The summed E-state index contributed by atoms with van der Waals surface area (Å²) in [6.45, 7) is 8.33. The Labute approximate surface area is 496 Å². The molecule has 0 bridgehead atoms. The Balaban J connectivity index is 0.000000161. The lowest BCUT2D eigenvalue weighted by atomic mass is 9.78. The van der Waals surface area contributed by atoms with E-state index in [1.165, 1.54) is 33.0 Å². The van der Waals surface area contributed by atoms with Gasteiger partial charge in [0.05, 0.1) is 45.0 Å². The zero-order chi connectivity index (χ0) is 57.5. The van der Waals surface area contributed by atoms with E-state index in [0.717, 1.165) is 99.8 Å². The van der Waals surface area contributed by atoms with Gasteiger partial charge in [-0.15, -0.1) is 0 Å². The van der Waals surface area contributed by atoms with Crippen LogP contribution in [0.5, 0.6) is 0 Å². The number of nitrogens with zero attached hydrogens (tertiary/aromatic N) is 4. The van der Waals surface area contributed by atoms with E-state index >= 15 is 0 Å². The second-order valence-electron chi connectivity index (χ2n) is 22.7. The van der Waals surface area contributed by atoms with Crippen LogP contribution in [0.25, 0.3) is 133 Å². The average molecular weight is 1100 g/mol. The normalized spacial score (nSPS) is 13.5. The van der Waals surface area contributed by atoms with Crippen molar-refractivity contribution in [2.75, 3.05) is 0 Å². The third kappa shape index (κ3) is 10.2. The molecule has 4 heterocycles. The Morgan fingerprint density at radius 2 is 0.659 bits per heavy atom. The Bertz CT molecular complexity index is 4660. The minimum absolute atomic E-state index is 0.390. The zero-order valence-corrected chi connectivity index (χ0v) is 47.8. The number of rotatable bonds is 9. The Kier molecular flexibility index (Phi) is 13.8. The number of aromatic nitrogens is 4. The summed E-state index contributed by atoms with van der Waals surface area (Å²) in [4.78, 5) is 20.5. The smallest absolute Gasteiger partial charge is 0.399 e. The Hall–Kier alpha value is -10.2. The van der Waals surface area contributed by atoms with Gasteiger partial charge in [-0.1, -0.05) is 267 Å². The highest BCUT2D eigenvalue weighted by Gasteiger charge is 2.51. The van der Waals surface area contributed by atoms with Crippen LogP contribution in [0.3, 0.4) is 0 Å². The fourth-order valence-electron chi connectivity index (χ4n) is 11.7. The lowest BCUT2D eigenvalue weighted by molar-refractivity contribution is 0.00578. The summed E-state index contributed by atoms with van der Waals surface area (Å²) in [6, 6.07) is 99.5. The van der Waals surface area contributed by atoms with Gasteiger partial charge in [-0.2, -0.15) is 0 Å². The summed E-state index contributed by atoms with van der Waals surface area (Å²) in [5, 5.41) is 6.99. The molecule has 6 nitrogen and oxygen atoms in total. The van der Waals surface area contributed by atoms with E-state index in [9.17, 15) is 0 Å². The molecule has 14 aromatic rings. The van der Waals surface area contributed by atoms with E-state index in [2.05, 4.69) is 270 Å². The quantitative estimate of drug-likeness (QED) is 0.106. The highest BCUT2D eigenvalue weighted by Crippen LogP contribution is 2.42. The lowest BCUT2D eigenvalue weighted by Gasteiger charge is -2.32. The van der Waals surface area contributed by atoms with Gasteiger partial charge in [0.1, 0.15) is 0 Å². The maximum atomic E-state index is 6.34. The molecule has 1 aliphatic heterocycles. The fraction of sp³-hybridized carbons (Fsp3) is 0.0769. The highest BCUT2D eigenvalue weighted by atomic mass is 16.7. The molecule has 3 aromatic heterocycles. The number of fused-ring (bicyclic) bond motifs is 6. The van der Waals surface area contributed by atoms with Crippen LogP contribution in [0, 0.1) is 0 Å². The van der Waals surface area contributed by atoms with Crippen LogP contribution in [0.15, 0.2) is 285 Å². The molecule has 0 radical (unpaired) electrons. The predicted octanol–water partition coefficient (Wildman–Crippen LogP) is 19.2. The van der Waals surface area contributed by atoms with Crippen LogP contribution in [-0.4, -0.2) is 38.3 Å². The SMILES string of the molecule is CC1(C)OB(c2ccc3c(c2)nc(-c2ccccc2)c2cccc(-c4ccccc4)c23)OC1(C)C.c1ccc(-c2cc(-c3ccc(-c4ccc5c(c4)nc(-c4ccccc4)c4cccc(-c6ccccc6)c45)cc3)nc(-c3ccccc3)n2)cc1. The molecule has 0 atom stereocenters. The van der Waals surface area contributed by atoms with Crippen molar-refractivity contribution in [3.05, 3.63) is 285 Å². The van der Waals surface area contributed by atoms with Crippen molar-refractivity contribution in [1.29, 1.82) is 0 Å². The maximum absolute atomic E-state index is 6.34. The van der Waals surface area contributed by atoms with Crippen LogP contribution in [0.1, 0.15) is 27.7 Å². The minimum Gasteiger partial charge on any atom is -0.399 e. The molecule has 0 spiro atoms. The summed E-state index contributed by atoms with van der Waals surface area (Å²) >= 11 is 0. The molecule has 7 heteroatoms. The summed E-state index contributed by atoms with van der Waals surface area (Å²) in [5.74, 6) is 0.711. The molecule has 11 aromatic carbocycles. The van der Waals surface area contributed by atoms with Crippen LogP contribution in [0.2, 0.25) is 0 Å². The molecular formula is C78H59BN4O2. The van der Waals surface area contributed by atoms with E-state index in [1.54, 1.807) is 0 Å². The maximum Gasteiger partial charge on any atom is 0.494 e. The molecular weight excluding hydrogens is 1040 g/mol. The van der Waals surface area contributed by atoms with E-state index < -0.39 is 7.12 Å². The zero-order valence-electron chi connectivity index (χ0n) is 47.8.